The zero-order valence-corrected chi connectivity index (χ0v) is 53.9. The number of carbonyl (C=O) groups excluding carboxylic acids is 3. The van der Waals surface area contributed by atoms with Crippen molar-refractivity contribution in [1.29, 1.82) is 0 Å². The van der Waals surface area contributed by atoms with E-state index in [1.165, 1.54) is 103 Å². The summed E-state index contributed by atoms with van der Waals surface area (Å²) in [4.78, 5) is 38.4. The number of rotatable bonds is 61. The number of esters is 3. The second kappa shape index (κ2) is 69.8. The average Bonchev–Trinajstić information content (AvgIpc) is 3.49. The summed E-state index contributed by atoms with van der Waals surface area (Å²) in [6.45, 7) is 6.37. The van der Waals surface area contributed by atoms with Crippen molar-refractivity contribution >= 4 is 17.9 Å². The Morgan fingerprint density at radius 3 is 0.735 bits per heavy atom. The number of carbonyl (C=O) groups is 3. The van der Waals surface area contributed by atoms with Crippen LogP contribution in [0.25, 0.3) is 0 Å². The summed E-state index contributed by atoms with van der Waals surface area (Å²) in [7, 11) is 0. The largest absolute Gasteiger partial charge is 0.462 e. The molecule has 0 aromatic rings. The molecular formula is C77H126O6. The van der Waals surface area contributed by atoms with Crippen molar-refractivity contribution in [3.8, 4) is 0 Å². The Labute approximate surface area is 512 Å². The molecule has 0 aliphatic carbocycles. The van der Waals surface area contributed by atoms with Gasteiger partial charge >= 0.3 is 17.9 Å². The van der Waals surface area contributed by atoms with Gasteiger partial charge in [-0.05, 0) is 141 Å². The van der Waals surface area contributed by atoms with E-state index >= 15 is 0 Å². The molecule has 0 bridgehead atoms. The third-order valence-corrected chi connectivity index (χ3v) is 14.3. The maximum atomic E-state index is 12.9. The molecule has 6 nitrogen and oxygen atoms in total. The maximum absolute atomic E-state index is 12.9. The molecule has 0 spiro atoms. The highest BCUT2D eigenvalue weighted by atomic mass is 16.6. The van der Waals surface area contributed by atoms with Crippen LogP contribution in [-0.4, -0.2) is 37.2 Å². The van der Waals surface area contributed by atoms with Crippen molar-refractivity contribution in [2.45, 2.75) is 309 Å². The SMILES string of the molecule is CC/C=C\C/C=C\C/C=C\C/C=C\C/C=C\C/C=C\CCCCCCCCCCCCCCCCC(=O)OCC(COC(=O)CCCCCCC/C=C\C/C=C\CCCCC)OC(=O)CCCCCC/C=C\C/C=C\C/C=C\C/C=C\CC. The molecule has 1 atom stereocenters. The Morgan fingerprint density at radius 1 is 0.253 bits per heavy atom. The molecule has 0 aromatic carbocycles. The standard InChI is InChI=1S/C77H126O6/c1-4-7-10-13-16-19-22-25-28-30-31-32-33-34-35-36-37-38-39-40-41-42-43-44-45-47-49-52-55-58-61-64-67-70-76(79)82-73-74(72-81-75(78)69-66-63-60-57-54-51-48-27-24-21-18-15-12-9-6-3)83-77(80)71-68-65-62-59-56-53-50-46-29-26-23-20-17-14-11-8-5-2/h7-8,10-11,16-21,25-29,31-32,34-35,37-38,48,50,53,74H,4-6,9,12-15,22-24,30,33,36,39-47,49,51-52,54-73H2,1-3H3/b10-7-,11-8-,19-16-,20-17-,21-18-,28-25-,29-26-,32-31-,35-34-,38-37-,48-27-,53-50-. The predicted octanol–water partition coefficient (Wildman–Crippen LogP) is 23.9. The monoisotopic (exact) mass is 1150 g/mol. The van der Waals surface area contributed by atoms with Crippen LogP contribution in [0.15, 0.2) is 146 Å². The van der Waals surface area contributed by atoms with E-state index in [9.17, 15) is 14.4 Å². The Hall–Kier alpha value is -4.71. The van der Waals surface area contributed by atoms with Crippen molar-refractivity contribution < 1.29 is 28.6 Å². The molecule has 0 fully saturated rings. The van der Waals surface area contributed by atoms with Crippen LogP contribution >= 0.6 is 0 Å². The summed E-state index contributed by atoms with van der Waals surface area (Å²) in [5.74, 6) is -0.930. The summed E-state index contributed by atoms with van der Waals surface area (Å²) < 4.78 is 16.9. The molecule has 0 radical (unpaired) electrons. The Bertz CT molecular complexity index is 1800. The summed E-state index contributed by atoms with van der Waals surface area (Å²) >= 11 is 0. The molecule has 0 aromatic heterocycles. The molecule has 6 heteroatoms. The molecule has 0 N–H and O–H groups in total. The lowest BCUT2D eigenvalue weighted by Gasteiger charge is -2.18. The van der Waals surface area contributed by atoms with Gasteiger partial charge in [-0.25, -0.2) is 0 Å². The minimum atomic E-state index is -0.803. The van der Waals surface area contributed by atoms with Crippen LogP contribution < -0.4 is 0 Å². The highest BCUT2D eigenvalue weighted by molar-refractivity contribution is 5.71. The van der Waals surface area contributed by atoms with Gasteiger partial charge in [0, 0.05) is 19.3 Å². The number of unbranched alkanes of at least 4 members (excludes halogenated alkanes) is 26. The number of ether oxygens (including phenoxy) is 3. The predicted molar refractivity (Wildman–Crippen MR) is 362 cm³/mol. The number of hydrogen-bond donors (Lipinski definition) is 0. The van der Waals surface area contributed by atoms with E-state index in [-0.39, 0.29) is 31.1 Å². The van der Waals surface area contributed by atoms with E-state index in [0.717, 1.165) is 161 Å². The van der Waals surface area contributed by atoms with Gasteiger partial charge in [0.1, 0.15) is 13.2 Å². The van der Waals surface area contributed by atoms with Gasteiger partial charge in [-0.15, -0.1) is 0 Å². The van der Waals surface area contributed by atoms with Crippen LogP contribution in [0, 0.1) is 0 Å². The molecule has 83 heavy (non-hydrogen) atoms. The first-order valence-corrected chi connectivity index (χ1v) is 34.3. The van der Waals surface area contributed by atoms with E-state index in [1.54, 1.807) is 0 Å². The van der Waals surface area contributed by atoms with Crippen molar-refractivity contribution in [3.05, 3.63) is 146 Å². The van der Waals surface area contributed by atoms with E-state index < -0.39 is 6.10 Å². The summed E-state index contributed by atoms with van der Waals surface area (Å²) in [5, 5.41) is 0. The molecule has 0 saturated heterocycles. The fourth-order valence-corrected chi connectivity index (χ4v) is 9.23. The number of hydrogen-bond acceptors (Lipinski definition) is 6. The summed E-state index contributed by atoms with van der Waals surface area (Å²) in [6.07, 6.45) is 100. The lowest BCUT2D eigenvalue weighted by molar-refractivity contribution is -0.167. The van der Waals surface area contributed by atoms with Gasteiger partial charge in [0.05, 0.1) is 0 Å². The lowest BCUT2D eigenvalue weighted by atomic mass is 10.0. The molecule has 0 aliphatic rings. The molecule has 0 aliphatic heterocycles. The topological polar surface area (TPSA) is 78.9 Å². The molecule has 0 saturated carbocycles. The highest BCUT2D eigenvalue weighted by Gasteiger charge is 2.19. The third kappa shape index (κ3) is 68.0. The molecule has 0 amide bonds. The second-order valence-electron chi connectivity index (χ2n) is 22.3. The van der Waals surface area contributed by atoms with Gasteiger partial charge in [-0.1, -0.05) is 289 Å². The first-order valence-electron chi connectivity index (χ1n) is 34.3. The van der Waals surface area contributed by atoms with Crippen LogP contribution in [0.5, 0.6) is 0 Å². The highest BCUT2D eigenvalue weighted by Crippen LogP contribution is 2.16. The Balaban J connectivity index is 4.28. The van der Waals surface area contributed by atoms with Gasteiger partial charge in [-0.3, -0.25) is 14.4 Å². The van der Waals surface area contributed by atoms with Gasteiger partial charge in [-0.2, -0.15) is 0 Å². The van der Waals surface area contributed by atoms with E-state index in [2.05, 4.69) is 167 Å². The molecule has 0 heterocycles. The van der Waals surface area contributed by atoms with E-state index in [0.29, 0.717) is 19.3 Å². The van der Waals surface area contributed by atoms with Crippen molar-refractivity contribution in [2.24, 2.45) is 0 Å². The third-order valence-electron chi connectivity index (χ3n) is 14.3. The first-order chi connectivity index (χ1) is 41.0. The van der Waals surface area contributed by atoms with E-state index in [4.69, 9.17) is 14.2 Å². The van der Waals surface area contributed by atoms with Gasteiger partial charge in [0.2, 0.25) is 0 Å². The van der Waals surface area contributed by atoms with Crippen molar-refractivity contribution in [1.82, 2.24) is 0 Å². The smallest absolute Gasteiger partial charge is 0.306 e. The van der Waals surface area contributed by atoms with Gasteiger partial charge in [0.15, 0.2) is 6.10 Å². The first kappa shape index (κ1) is 78.3. The zero-order chi connectivity index (χ0) is 59.9. The molecular weight excluding hydrogens is 1020 g/mol. The quantitative estimate of drug-likeness (QED) is 0.0261. The normalized spacial score (nSPS) is 13.0. The van der Waals surface area contributed by atoms with Gasteiger partial charge in [0.25, 0.3) is 0 Å². The van der Waals surface area contributed by atoms with E-state index in [1.807, 2.05) is 0 Å². The van der Waals surface area contributed by atoms with Crippen LogP contribution in [0.1, 0.15) is 303 Å². The summed E-state index contributed by atoms with van der Waals surface area (Å²) in [6, 6.07) is 0. The minimum absolute atomic E-state index is 0.0958. The fourth-order valence-electron chi connectivity index (χ4n) is 9.23. The van der Waals surface area contributed by atoms with Crippen molar-refractivity contribution in [3.63, 3.8) is 0 Å². The number of allylic oxidation sites excluding steroid dienone is 24. The van der Waals surface area contributed by atoms with Crippen LogP contribution in [0.3, 0.4) is 0 Å². The summed E-state index contributed by atoms with van der Waals surface area (Å²) in [5.41, 5.74) is 0. The van der Waals surface area contributed by atoms with Crippen molar-refractivity contribution in [2.75, 3.05) is 13.2 Å². The molecule has 470 valence electrons. The van der Waals surface area contributed by atoms with Crippen LogP contribution in [-0.2, 0) is 28.6 Å². The minimum Gasteiger partial charge on any atom is -0.462 e. The lowest BCUT2D eigenvalue weighted by Crippen LogP contribution is -2.30. The maximum Gasteiger partial charge on any atom is 0.306 e. The van der Waals surface area contributed by atoms with Crippen LogP contribution in [0.2, 0.25) is 0 Å². The van der Waals surface area contributed by atoms with Crippen LogP contribution in [0.4, 0.5) is 0 Å². The Morgan fingerprint density at radius 2 is 0.470 bits per heavy atom. The molecule has 1 unspecified atom stereocenters. The second-order valence-corrected chi connectivity index (χ2v) is 22.3. The fraction of sp³-hybridized carbons (Fsp3) is 0.649. The average molecular weight is 1150 g/mol. The van der Waals surface area contributed by atoms with Gasteiger partial charge < -0.3 is 14.2 Å². The zero-order valence-electron chi connectivity index (χ0n) is 53.9. The molecule has 0 rings (SSSR count). The Kier molecular flexibility index (Phi) is 65.8.